The topological polar surface area (TPSA) is 52.9 Å². The molecule has 1 aliphatic heterocycles. The number of methoxy groups -OCH3 is 1. The lowest BCUT2D eigenvalue weighted by atomic mass is 9.95. The fourth-order valence-corrected chi connectivity index (χ4v) is 2.51. The van der Waals surface area contributed by atoms with Crippen LogP contribution in [0.15, 0.2) is 18.2 Å². The van der Waals surface area contributed by atoms with Gasteiger partial charge in [0.1, 0.15) is 11.6 Å². The highest BCUT2D eigenvalue weighted by molar-refractivity contribution is 5.33. The first kappa shape index (κ1) is 14.2. The van der Waals surface area contributed by atoms with E-state index in [9.17, 15) is 14.6 Å². The van der Waals surface area contributed by atoms with Crippen LogP contribution in [0.4, 0.5) is 4.39 Å². The van der Waals surface area contributed by atoms with E-state index in [1.165, 1.54) is 19.2 Å². The molecule has 4 nitrogen and oxygen atoms in total. The van der Waals surface area contributed by atoms with Crippen molar-refractivity contribution in [2.75, 3.05) is 26.8 Å². The summed E-state index contributed by atoms with van der Waals surface area (Å²) in [6.07, 6.45) is 0.214. The molecule has 0 saturated carbocycles. The van der Waals surface area contributed by atoms with Crippen molar-refractivity contribution >= 4 is 0 Å². The molecule has 1 saturated heterocycles. The van der Waals surface area contributed by atoms with Crippen LogP contribution in [0.5, 0.6) is 5.75 Å². The highest BCUT2D eigenvalue weighted by Crippen LogP contribution is 2.24. The number of hydrogen-bond acceptors (Lipinski definition) is 4. The van der Waals surface area contributed by atoms with E-state index in [-0.39, 0.29) is 18.3 Å². The minimum absolute atomic E-state index is 0.0157. The number of halogens is 1. The standard InChI is InChI=1S/C14H20FNO3/c1-19-14-6-12(15)3-2-10(14)7-16-5-4-13(18)11(8-16)9-17/h2-3,6,11,13,17-18H,4-5,7-9H2,1H3/t11-,13-/m0/s1. The highest BCUT2D eigenvalue weighted by Gasteiger charge is 2.27. The quantitative estimate of drug-likeness (QED) is 0.856. The normalized spacial score (nSPS) is 24.4. The largest absolute Gasteiger partial charge is 0.496 e. The average molecular weight is 269 g/mol. The molecule has 0 radical (unpaired) electrons. The molecule has 0 unspecified atom stereocenters. The minimum Gasteiger partial charge on any atom is -0.496 e. The molecule has 2 atom stereocenters. The molecule has 106 valence electrons. The minimum atomic E-state index is -0.434. The summed E-state index contributed by atoms with van der Waals surface area (Å²) >= 11 is 0. The van der Waals surface area contributed by atoms with Crippen molar-refractivity contribution in [1.29, 1.82) is 0 Å². The summed E-state index contributed by atoms with van der Waals surface area (Å²) in [6.45, 7) is 2.02. The Labute approximate surface area is 112 Å². The SMILES string of the molecule is COc1cc(F)ccc1CN1CC[C@H](O)[C@H](CO)C1. The number of rotatable bonds is 4. The summed E-state index contributed by atoms with van der Waals surface area (Å²) in [6, 6.07) is 4.50. The van der Waals surface area contributed by atoms with Gasteiger partial charge in [-0.15, -0.1) is 0 Å². The highest BCUT2D eigenvalue weighted by atomic mass is 19.1. The van der Waals surface area contributed by atoms with Crippen LogP contribution < -0.4 is 4.74 Å². The van der Waals surface area contributed by atoms with Crippen molar-refractivity contribution < 1.29 is 19.3 Å². The van der Waals surface area contributed by atoms with E-state index in [0.717, 1.165) is 12.1 Å². The number of aliphatic hydroxyl groups is 2. The Bertz CT molecular complexity index is 427. The van der Waals surface area contributed by atoms with Crippen LogP contribution in [0.3, 0.4) is 0 Å². The van der Waals surface area contributed by atoms with Crippen LogP contribution >= 0.6 is 0 Å². The van der Waals surface area contributed by atoms with Gasteiger partial charge in [-0.1, -0.05) is 6.07 Å². The van der Waals surface area contributed by atoms with Crippen LogP contribution in [0.1, 0.15) is 12.0 Å². The van der Waals surface area contributed by atoms with Gasteiger partial charge in [0.05, 0.1) is 13.2 Å². The van der Waals surface area contributed by atoms with Gasteiger partial charge in [0, 0.05) is 43.8 Å². The first-order chi connectivity index (χ1) is 9.13. The Balaban J connectivity index is 2.05. The van der Waals surface area contributed by atoms with Crippen molar-refractivity contribution in [2.45, 2.75) is 19.1 Å². The molecule has 2 N–H and O–H groups in total. The molecule has 1 fully saturated rings. The van der Waals surface area contributed by atoms with Crippen LogP contribution in [0.25, 0.3) is 0 Å². The van der Waals surface area contributed by atoms with Gasteiger partial charge in [0.25, 0.3) is 0 Å². The summed E-state index contributed by atoms with van der Waals surface area (Å²) in [4.78, 5) is 2.14. The summed E-state index contributed by atoms with van der Waals surface area (Å²) in [5, 5.41) is 19.0. The summed E-state index contributed by atoms with van der Waals surface area (Å²) in [5.41, 5.74) is 0.914. The van der Waals surface area contributed by atoms with Crippen molar-refractivity contribution in [2.24, 2.45) is 5.92 Å². The molecule has 5 heteroatoms. The molecule has 2 rings (SSSR count). The number of hydrogen-bond donors (Lipinski definition) is 2. The van der Waals surface area contributed by atoms with Crippen LogP contribution in [-0.2, 0) is 6.54 Å². The molecule has 1 aromatic rings. The maximum Gasteiger partial charge on any atom is 0.126 e. The van der Waals surface area contributed by atoms with E-state index in [4.69, 9.17) is 4.74 Å². The number of nitrogens with zero attached hydrogens (tertiary/aromatic N) is 1. The number of aliphatic hydroxyl groups excluding tert-OH is 2. The second kappa shape index (κ2) is 6.32. The number of piperidine rings is 1. The van der Waals surface area contributed by atoms with Gasteiger partial charge < -0.3 is 14.9 Å². The van der Waals surface area contributed by atoms with Gasteiger partial charge in [0.15, 0.2) is 0 Å². The maximum atomic E-state index is 13.1. The lowest BCUT2D eigenvalue weighted by Crippen LogP contribution is -2.44. The maximum absolute atomic E-state index is 13.1. The lowest BCUT2D eigenvalue weighted by molar-refractivity contribution is -0.00217. The first-order valence-corrected chi connectivity index (χ1v) is 6.47. The molecule has 19 heavy (non-hydrogen) atoms. The van der Waals surface area contributed by atoms with Crippen molar-refractivity contribution in [3.63, 3.8) is 0 Å². The summed E-state index contributed by atoms with van der Waals surface area (Å²) < 4.78 is 18.3. The third-order valence-corrected chi connectivity index (χ3v) is 3.66. The predicted octanol–water partition coefficient (Wildman–Crippen LogP) is 1.01. The molecule has 0 aromatic heterocycles. The molecular formula is C14H20FNO3. The van der Waals surface area contributed by atoms with E-state index in [1.54, 1.807) is 6.07 Å². The Morgan fingerprint density at radius 2 is 2.26 bits per heavy atom. The second-order valence-corrected chi connectivity index (χ2v) is 4.99. The third kappa shape index (κ3) is 3.43. The molecule has 1 heterocycles. The smallest absolute Gasteiger partial charge is 0.126 e. The van der Waals surface area contributed by atoms with Crippen LogP contribution in [0, 0.1) is 11.7 Å². The average Bonchev–Trinajstić information content (AvgIpc) is 2.42. The van der Waals surface area contributed by atoms with Crippen molar-refractivity contribution in [3.05, 3.63) is 29.6 Å². The van der Waals surface area contributed by atoms with Crippen molar-refractivity contribution in [3.8, 4) is 5.75 Å². The molecule has 0 spiro atoms. The van der Waals surface area contributed by atoms with Gasteiger partial charge in [-0.3, -0.25) is 4.90 Å². The number of likely N-dealkylation sites (tertiary alicyclic amines) is 1. The molecule has 1 aliphatic rings. The number of benzene rings is 1. The van der Waals surface area contributed by atoms with Gasteiger partial charge in [-0.25, -0.2) is 4.39 Å². The molecular weight excluding hydrogens is 249 g/mol. The molecule has 0 bridgehead atoms. The van der Waals surface area contributed by atoms with E-state index in [1.807, 2.05) is 0 Å². The number of ether oxygens (including phenoxy) is 1. The zero-order valence-corrected chi connectivity index (χ0v) is 11.1. The van der Waals surface area contributed by atoms with E-state index in [2.05, 4.69) is 4.90 Å². The van der Waals surface area contributed by atoms with E-state index < -0.39 is 6.10 Å². The van der Waals surface area contributed by atoms with Gasteiger partial charge in [-0.2, -0.15) is 0 Å². The Hall–Kier alpha value is -1.17. The van der Waals surface area contributed by atoms with Gasteiger partial charge in [-0.05, 0) is 12.5 Å². The zero-order chi connectivity index (χ0) is 13.8. The van der Waals surface area contributed by atoms with Crippen LogP contribution in [0.2, 0.25) is 0 Å². The third-order valence-electron chi connectivity index (χ3n) is 3.66. The van der Waals surface area contributed by atoms with E-state index >= 15 is 0 Å². The zero-order valence-electron chi connectivity index (χ0n) is 11.1. The first-order valence-electron chi connectivity index (χ1n) is 6.47. The monoisotopic (exact) mass is 269 g/mol. The fraction of sp³-hybridized carbons (Fsp3) is 0.571. The van der Waals surface area contributed by atoms with Gasteiger partial charge >= 0.3 is 0 Å². The van der Waals surface area contributed by atoms with Crippen molar-refractivity contribution in [1.82, 2.24) is 4.90 Å². The molecule has 1 aromatic carbocycles. The Morgan fingerprint density at radius 1 is 1.47 bits per heavy atom. The van der Waals surface area contributed by atoms with E-state index in [0.29, 0.717) is 25.3 Å². The second-order valence-electron chi connectivity index (χ2n) is 4.99. The molecule has 0 aliphatic carbocycles. The lowest BCUT2D eigenvalue weighted by Gasteiger charge is -2.35. The Morgan fingerprint density at radius 3 is 2.95 bits per heavy atom. The fourth-order valence-electron chi connectivity index (χ4n) is 2.51. The summed E-state index contributed by atoms with van der Waals surface area (Å²) in [7, 11) is 1.52. The van der Waals surface area contributed by atoms with Crippen LogP contribution in [-0.4, -0.2) is 48.0 Å². The molecule has 0 amide bonds. The predicted molar refractivity (Wildman–Crippen MR) is 69.4 cm³/mol. The summed E-state index contributed by atoms with van der Waals surface area (Å²) in [5.74, 6) is 0.106. The van der Waals surface area contributed by atoms with Gasteiger partial charge in [0.2, 0.25) is 0 Å². The Kier molecular flexibility index (Phi) is 4.74.